The molecule has 190 valence electrons. The Hall–Kier alpha value is -4.00. The summed E-state index contributed by atoms with van der Waals surface area (Å²) in [7, 11) is 1.66. The van der Waals surface area contributed by atoms with Gasteiger partial charge in [-0.1, -0.05) is 55.3 Å². The average molecular weight is 496 g/mol. The number of hydrogen-bond acceptors (Lipinski definition) is 4. The van der Waals surface area contributed by atoms with Crippen LogP contribution in [0.25, 0.3) is 22.0 Å². The van der Waals surface area contributed by atoms with Gasteiger partial charge in [-0.05, 0) is 48.3 Å². The second-order valence-electron chi connectivity index (χ2n) is 9.81. The van der Waals surface area contributed by atoms with Gasteiger partial charge in [-0.3, -0.25) is 14.6 Å². The molecule has 1 aliphatic rings. The number of benzene rings is 2. The number of aromatic amines is 1. The van der Waals surface area contributed by atoms with Gasteiger partial charge in [0.05, 0.1) is 17.9 Å². The SMILES string of the molecule is CNC(=O)CCCCC[C@H](NC(=O)C1CC1c1ccccc1)c1ncc(-c2ccc3ccncc3c2)[nH]1. The van der Waals surface area contributed by atoms with Crippen LogP contribution < -0.4 is 10.6 Å². The van der Waals surface area contributed by atoms with Gasteiger partial charge < -0.3 is 15.6 Å². The van der Waals surface area contributed by atoms with E-state index in [0.29, 0.717) is 6.42 Å². The number of aromatic nitrogens is 3. The van der Waals surface area contributed by atoms with Crippen LogP contribution in [0.3, 0.4) is 0 Å². The highest BCUT2D eigenvalue weighted by atomic mass is 16.2. The first-order chi connectivity index (χ1) is 18.1. The fourth-order valence-corrected chi connectivity index (χ4v) is 4.96. The molecular formula is C30H33N5O2. The minimum Gasteiger partial charge on any atom is -0.359 e. The molecule has 7 heteroatoms. The fourth-order valence-electron chi connectivity index (χ4n) is 4.96. The number of imidazole rings is 1. The molecule has 37 heavy (non-hydrogen) atoms. The highest BCUT2D eigenvalue weighted by molar-refractivity contribution is 5.86. The Morgan fingerprint density at radius 2 is 1.89 bits per heavy atom. The van der Waals surface area contributed by atoms with E-state index in [9.17, 15) is 9.59 Å². The van der Waals surface area contributed by atoms with Gasteiger partial charge in [-0.2, -0.15) is 0 Å². The zero-order chi connectivity index (χ0) is 25.6. The Bertz CT molecular complexity index is 1370. The van der Waals surface area contributed by atoms with Gasteiger partial charge in [0.15, 0.2) is 0 Å². The third-order valence-electron chi connectivity index (χ3n) is 7.22. The molecule has 3 atom stereocenters. The monoisotopic (exact) mass is 495 g/mol. The number of pyridine rings is 1. The molecule has 1 fully saturated rings. The molecule has 1 saturated carbocycles. The lowest BCUT2D eigenvalue weighted by Gasteiger charge is -2.17. The van der Waals surface area contributed by atoms with Crippen molar-refractivity contribution in [2.45, 2.75) is 50.5 Å². The number of fused-ring (bicyclic) bond motifs is 1. The van der Waals surface area contributed by atoms with Gasteiger partial charge in [0.1, 0.15) is 5.82 Å². The molecule has 1 aliphatic carbocycles. The van der Waals surface area contributed by atoms with Crippen LogP contribution in [-0.2, 0) is 9.59 Å². The zero-order valence-electron chi connectivity index (χ0n) is 21.1. The van der Waals surface area contributed by atoms with Crippen molar-refractivity contribution in [1.29, 1.82) is 0 Å². The molecule has 0 radical (unpaired) electrons. The number of unbranched alkanes of at least 4 members (excludes halogenated alkanes) is 2. The molecule has 2 heterocycles. The summed E-state index contributed by atoms with van der Waals surface area (Å²) in [5.74, 6) is 1.19. The summed E-state index contributed by atoms with van der Waals surface area (Å²) in [6.07, 6.45) is 10.3. The molecule has 0 saturated heterocycles. The molecule has 0 bridgehead atoms. The molecular weight excluding hydrogens is 462 g/mol. The van der Waals surface area contributed by atoms with E-state index in [1.807, 2.05) is 36.7 Å². The van der Waals surface area contributed by atoms with Gasteiger partial charge in [0.25, 0.3) is 0 Å². The summed E-state index contributed by atoms with van der Waals surface area (Å²) in [5.41, 5.74) is 3.16. The summed E-state index contributed by atoms with van der Waals surface area (Å²) in [5, 5.41) is 8.15. The quantitative estimate of drug-likeness (QED) is 0.246. The Morgan fingerprint density at radius 3 is 2.73 bits per heavy atom. The molecule has 3 N–H and O–H groups in total. The number of amides is 2. The topological polar surface area (TPSA) is 99.8 Å². The van der Waals surface area contributed by atoms with Gasteiger partial charge >= 0.3 is 0 Å². The van der Waals surface area contributed by atoms with Crippen molar-refractivity contribution in [3.63, 3.8) is 0 Å². The normalized spacial score (nSPS) is 17.3. The number of carbonyl (C=O) groups is 2. The molecule has 7 nitrogen and oxygen atoms in total. The lowest BCUT2D eigenvalue weighted by Crippen LogP contribution is -2.31. The van der Waals surface area contributed by atoms with E-state index in [-0.39, 0.29) is 29.7 Å². The highest BCUT2D eigenvalue weighted by Crippen LogP contribution is 2.47. The van der Waals surface area contributed by atoms with Gasteiger partial charge in [-0.15, -0.1) is 0 Å². The summed E-state index contributed by atoms with van der Waals surface area (Å²) in [4.78, 5) is 37.1. The molecule has 4 aromatic rings. The van der Waals surface area contributed by atoms with E-state index in [0.717, 1.165) is 60.0 Å². The van der Waals surface area contributed by atoms with Crippen molar-refractivity contribution >= 4 is 22.6 Å². The van der Waals surface area contributed by atoms with Crippen molar-refractivity contribution in [2.75, 3.05) is 7.05 Å². The lowest BCUT2D eigenvalue weighted by molar-refractivity contribution is -0.123. The number of hydrogen-bond donors (Lipinski definition) is 3. The smallest absolute Gasteiger partial charge is 0.224 e. The van der Waals surface area contributed by atoms with Crippen molar-refractivity contribution < 1.29 is 9.59 Å². The fraction of sp³-hybridized carbons (Fsp3) is 0.333. The van der Waals surface area contributed by atoms with Crippen LogP contribution in [0.15, 0.2) is 73.2 Å². The first-order valence-electron chi connectivity index (χ1n) is 13.1. The first kappa shape index (κ1) is 24.7. The second kappa shape index (κ2) is 11.4. The largest absolute Gasteiger partial charge is 0.359 e. The molecule has 0 spiro atoms. The maximum atomic E-state index is 13.2. The Kier molecular flexibility index (Phi) is 7.59. The molecule has 2 aromatic carbocycles. The molecule has 2 unspecified atom stereocenters. The van der Waals surface area contributed by atoms with E-state index in [1.165, 1.54) is 5.56 Å². The van der Waals surface area contributed by atoms with Gasteiger partial charge in [-0.25, -0.2) is 4.98 Å². The van der Waals surface area contributed by atoms with Crippen LogP contribution in [0.1, 0.15) is 61.9 Å². The van der Waals surface area contributed by atoms with E-state index in [2.05, 4.69) is 55.9 Å². The van der Waals surface area contributed by atoms with Crippen LogP contribution >= 0.6 is 0 Å². The van der Waals surface area contributed by atoms with E-state index in [4.69, 9.17) is 0 Å². The summed E-state index contributed by atoms with van der Waals surface area (Å²) >= 11 is 0. The number of carbonyl (C=O) groups excluding carboxylic acids is 2. The number of H-pyrrole nitrogens is 1. The second-order valence-corrected chi connectivity index (χ2v) is 9.81. The predicted molar refractivity (Wildman–Crippen MR) is 145 cm³/mol. The van der Waals surface area contributed by atoms with E-state index >= 15 is 0 Å². The van der Waals surface area contributed by atoms with Crippen LogP contribution in [-0.4, -0.2) is 33.8 Å². The van der Waals surface area contributed by atoms with Crippen molar-refractivity contribution in [3.8, 4) is 11.3 Å². The van der Waals surface area contributed by atoms with Gasteiger partial charge in [0.2, 0.25) is 11.8 Å². The summed E-state index contributed by atoms with van der Waals surface area (Å²) < 4.78 is 0. The van der Waals surface area contributed by atoms with Crippen LogP contribution in [0, 0.1) is 5.92 Å². The third kappa shape index (κ3) is 6.05. The van der Waals surface area contributed by atoms with E-state index in [1.54, 1.807) is 13.2 Å². The minimum absolute atomic E-state index is 0.000528. The number of nitrogens with zero attached hydrogens (tertiary/aromatic N) is 2. The van der Waals surface area contributed by atoms with Crippen LogP contribution in [0.5, 0.6) is 0 Å². The zero-order valence-corrected chi connectivity index (χ0v) is 21.1. The number of rotatable bonds is 11. The van der Waals surface area contributed by atoms with Gasteiger partial charge in [0, 0.05) is 42.7 Å². The third-order valence-corrected chi connectivity index (χ3v) is 7.22. The van der Waals surface area contributed by atoms with Crippen molar-refractivity contribution in [2.24, 2.45) is 5.92 Å². The van der Waals surface area contributed by atoms with Crippen LogP contribution in [0.2, 0.25) is 0 Å². The summed E-state index contributed by atoms with van der Waals surface area (Å²) in [6.45, 7) is 0. The Morgan fingerprint density at radius 1 is 1.03 bits per heavy atom. The highest BCUT2D eigenvalue weighted by Gasteiger charge is 2.44. The number of nitrogens with one attached hydrogen (secondary N) is 3. The summed E-state index contributed by atoms with van der Waals surface area (Å²) in [6, 6.07) is 18.3. The first-order valence-corrected chi connectivity index (χ1v) is 13.1. The van der Waals surface area contributed by atoms with E-state index < -0.39 is 0 Å². The molecule has 2 aromatic heterocycles. The van der Waals surface area contributed by atoms with Crippen molar-refractivity contribution in [3.05, 3.63) is 84.6 Å². The Labute approximate surface area is 217 Å². The maximum Gasteiger partial charge on any atom is 0.224 e. The van der Waals surface area contributed by atoms with Crippen LogP contribution in [0.4, 0.5) is 0 Å². The maximum absolute atomic E-state index is 13.2. The average Bonchev–Trinajstić information content (AvgIpc) is 3.60. The predicted octanol–water partition coefficient (Wildman–Crippen LogP) is 5.28. The minimum atomic E-state index is -0.208. The Balaban J connectivity index is 1.28. The standard InChI is InChI=1S/C30H33N5O2/c1-31-28(36)11-7-3-6-10-26(35-30(37)25-17-24(25)21-8-4-2-5-9-21)29-33-19-27(34-29)22-13-12-20-14-15-32-18-23(20)16-22/h2,4-5,8-9,12-16,18-19,24-26H,3,6-7,10-11,17H2,1H3,(H,31,36)(H,33,34)(H,35,37)/t24?,25?,26-/m0/s1. The van der Waals surface area contributed by atoms with Crippen molar-refractivity contribution in [1.82, 2.24) is 25.6 Å². The molecule has 5 rings (SSSR count). The molecule has 0 aliphatic heterocycles. The molecule has 2 amide bonds. The lowest BCUT2D eigenvalue weighted by atomic mass is 10.1.